The van der Waals surface area contributed by atoms with E-state index < -0.39 is 0 Å². The Morgan fingerprint density at radius 2 is 2.06 bits per heavy atom. The molecule has 2 rings (SSSR count). The first-order chi connectivity index (χ1) is 8.58. The van der Waals surface area contributed by atoms with Crippen molar-refractivity contribution >= 4 is 11.6 Å². The van der Waals surface area contributed by atoms with Gasteiger partial charge in [-0.25, -0.2) is 0 Å². The second-order valence-corrected chi connectivity index (χ2v) is 4.90. The Morgan fingerprint density at radius 1 is 1.33 bits per heavy atom. The molecule has 0 aliphatic carbocycles. The van der Waals surface area contributed by atoms with Gasteiger partial charge in [0, 0.05) is 25.5 Å². The zero-order valence-electron chi connectivity index (χ0n) is 10.6. The van der Waals surface area contributed by atoms with Crippen LogP contribution in [0.3, 0.4) is 0 Å². The van der Waals surface area contributed by atoms with Gasteiger partial charge in [0.2, 0.25) is 0 Å². The number of aryl methyl sites for hydroxylation is 1. The van der Waals surface area contributed by atoms with E-state index in [-0.39, 0.29) is 6.61 Å². The molecule has 0 spiro atoms. The summed E-state index contributed by atoms with van der Waals surface area (Å²) in [6.45, 7) is 1.43. The summed E-state index contributed by atoms with van der Waals surface area (Å²) < 4.78 is 7.47. The third-order valence-corrected chi connectivity index (χ3v) is 3.01. The van der Waals surface area contributed by atoms with Crippen LogP contribution < -0.4 is 0 Å². The van der Waals surface area contributed by atoms with Crippen LogP contribution in [-0.4, -0.2) is 21.6 Å². The van der Waals surface area contributed by atoms with Gasteiger partial charge in [0.15, 0.2) is 0 Å². The van der Waals surface area contributed by atoms with E-state index in [9.17, 15) is 0 Å². The molecule has 2 heterocycles. The van der Waals surface area contributed by atoms with Crippen LogP contribution in [0.5, 0.6) is 0 Å². The van der Waals surface area contributed by atoms with Gasteiger partial charge in [-0.2, -0.15) is 0 Å². The van der Waals surface area contributed by atoms with Crippen LogP contribution in [-0.2, 0) is 26.7 Å². The molecule has 0 atom stereocenters. The van der Waals surface area contributed by atoms with Gasteiger partial charge in [0.25, 0.3) is 0 Å². The molecule has 0 fully saturated rings. The summed E-state index contributed by atoms with van der Waals surface area (Å²) in [6.07, 6.45) is 1.89. The van der Waals surface area contributed by atoms with Crippen molar-refractivity contribution in [3.05, 3.63) is 46.6 Å². The van der Waals surface area contributed by atoms with E-state index in [1.54, 1.807) is 6.07 Å². The van der Waals surface area contributed by atoms with Gasteiger partial charge in [-0.15, -0.1) is 0 Å². The van der Waals surface area contributed by atoms with Gasteiger partial charge in [-0.3, -0.25) is 4.90 Å². The van der Waals surface area contributed by atoms with Gasteiger partial charge in [-0.1, -0.05) is 11.6 Å². The number of rotatable bonds is 5. The molecule has 0 saturated carbocycles. The molecule has 0 aromatic carbocycles. The lowest BCUT2D eigenvalue weighted by atomic mass is 10.3. The summed E-state index contributed by atoms with van der Waals surface area (Å²) in [5.41, 5.74) is 1.15. The Balaban J connectivity index is 1.96. The normalized spacial score (nSPS) is 11.4. The van der Waals surface area contributed by atoms with E-state index in [1.165, 1.54) is 0 Å². The van der Waals surface area contributed by atoms with E-state index in [2.05, 4.69) is 4.90 Å². The van der Waals surface area contributed by atoms with Gasteiger partial charge < -0.3 is 14.1 Å². The Kier molecular flexibility index (Phi) is 4.11. The average molecular weight is 269 g/mol. The maximum atomic E-state index is 8.93. The summed E-state index contributed by atoms with van der Waals surface area (Å²) in [6, 6.07) is 5.64. The summed E-state index contributed by atoms with van der Waals surface area (Å²) in [5.74, 6) is 1.45. The second kappa shape index (κ2) is 5.61. The van der Waals surface area contributed by atoms with Crippen LogP contribution in [0, 0.1) is 0 Å². The van der Waals surface area contributed by atoms with Crippen LogP contribution >= 0.6 is 11.6 Å². The number of furan rings is 1. The van der Waals surface area contributed by atoms with Crippen LogP contribution in [0.15, 0.2) is 28.8 Å². The molecule has 2 aromatic heterocycles. The quantitative estimate of drug-likeness (QED) is 0.905. The first-order valence-electron chi connectivity index (χ1n) is 5.76. The lowest BCUT2D eigenvalue weighted by Gasteiger charge is -2.15. The van der Waals surface area contributed by atoms with Crippen LogP contribution in [0.25, 0.3) is 0 Å². The molecule has 0 aliphatic heterocycles. The van der Waals surface area contributed by atoms with E-state index >= 15 is 0 Å². The van der Waals surface area contributed by atoms with E-state index in [1.807, 2.05) is 37.0 Å². The van der Waals surface area contributed by atoms with Crippen molar-refractivity contribution in [1.29, 1.82) is 0 Å². The van der Waals surface area contributed by atoms with Crippen molar-refractivity contribution in [2.45, 2.75) is 19.7 Å². The summed E-state index contributed by atoms with van der Waals surface area (Å²) in [7, 11) is 3.99. The van der Waals surface area contributed by atoms with E-state index in [0.29, 0.717) is 12.3 Å². The van der Waals surface area contributed by atoms with Crippen LogP contribution in [0.1, 0.15) is 17.2 Å². The highest BCUT2D eigenvalue weighted by atomic mass is 35.5. The number of hydrogen-bond donors (Lipinski definition) is 1. The highest BCUT2D eigenvalue weighted by Crippen LogP contribution is 2.16. The number of aliphatic hydroxyl groups is 1. The predicted octanol–water partition coefficient (Wildman–Crippen LogP) is 2.40. The third-order valence-electron chi connectivity index (χ3n) is 2.81. The monoisotopic (exact) mass is 268 g/mol. The van der Waals surface area contributed by atoms with Crippen LogP contribution in [0.2, 0.25) is 5.02 Å². The fourth-order valence-corrected chi connectivity index (χ4v) is 2.19. The zero-order chi connectivity index (χ0) is 13.1. The zero-order valence-corrected chi connectivity index (χ0v) is 11.3. The first kappa shape index (κ1) is 13.2. The van der Waals surface area contributed by atoms with Crippen molar-refractivity contribution < 1.29 is 9.52 Å². The molecule has 0 radical (unpaired) electrons. The second-order valence-electron chi connectivity index (χ2n) is 4.46. The topological polar surface area (TPSA) is 41.5 Å². The molecule has 0 saturated heterocycles. The molecular weight excluding hydrogens is 252 g/mol. The molecule has 4 nitrogen and oxygen atoms in total. The molecule has 98 valence electrons. The minimum Gasteiger partial charge on any atom is -0.462 e. The lowest BCUT2D eigenvalue weighted by Crippen LogP contribution is -2.18. The molecular formula is C13H17ClN2O2. The van der Waals surface area contributed by atoms with E-state index in [0.717, 1.165) is 23.0 Å². The lowest BCUT2D eigenvalue weighted by molar-refractivity contribution is 0.230. The number of hydrogen-bond acceptors (Lipinski definition) is 3. The number of nitrogens with zero attached hydrogens (tertiary/aromatic N) is 2. The molecule has 18 heavy (non-hydrogen) atoms. The Hall–Kier alpha value is -1.23. The van der Waals surface area contributed by atoms with Gasteiger partial charge >= 0.3 is 0 Å². The Labute approximate surface area is 111 Å². The van der Waals surface area contributed by atoms with Crippen molar-refractivity contribution in [3.63, 3.8) is 0 Å². The van der Waals surface area contributed by atoms with Gasteiger partial charge in [0.1, 0.15) is 18.1 Å². The summed E-state index contributed by atoms with van der Waals surface area (Å²) in [4.78, 5) is 2.13. The number of aromatic nitrogens is 1. The number of halogens is 1. The minimum absolute atomic E-state index is 0.0584. The molecule has 0 aliphatic rings. The predicted molar refractivity (Wildman–Crippen MR) is 70.2 cm³/mol. The number of aliphatic hydroxyl groups excluding tert-OH is 1. The minimum atomic E-state index is -0.0584. The Morgan fingerprint density at radius 3 is 2.61 bits per heavy atom. The maximum absolute atomic E-state index is 8.93. The fourth-order valence-electron chi connectivity index (χ4n) is 1.91. The van der Waals surface area contributed by atoms with Crippen molar-refractivity contribution in [2.75, 3.05) is 7.05 Å². The molecule has 0 bridgehead atoms. The highest BCUT2D eigenvalue weighted by molar-refractivity contribution is 6.30. The van der Waals surface area contributed by atoms with Gasteiger partial charge in [-0.05, 0) is 25.2 Å². The van der Waals surface area contributed by atoms with Crippen molar-refractivity contribution in [1.82, 2.24) is 9.47 Å². The highest BCUT2D eigenvalue weighted by Gasteiger charge is 2.08. The first-order valence-corrected chi connectivity index (χ1v) is 6.14. The molecule has 0 unspecified atom stereocenters. The van der Waals surface area contributed by atoms with Crippen LogP contribution in [0.4, 0.5) is 0 Å². The fraction of sp³-hybridized carbons (Fsp3) is 0.385. The van der Waals surface area contributed by atoms with Gasteiger partial charge in [0.05, 0.1) is 11.6 Å². The SMILES string of the molecule is CN(Cc1ccc(CO)o1)Cc1cc(Cl)cn1C. The summed E-state index contributed by atoms with van der Waals surface area (Å²) in [5, 5.41) is 9.69. The smallest absolute Gasteiger partial charge is 0.129 e. The molecule has 0 amide bonds. The third kappa shape index (κ3) is 3.16. The molecule has 1 N–H and O–H groups in total. The largest absolute Gasteiger partial charge is 0.462 e. The van der Waals surface area contributed by atoms with Crippen molar-refractivity contribution in [2.24, 2.45) is 7.05 Å². The van der Waals surface area contributed by atoms with Crippen molar-refractivity contribution in [3.8, 4) is 0 Å². The van der Waals surface area contributed by atoms with E-state index in [4.69, 9.17) is 21.1 Å². The Bertz CT molecular complexity index is 519. The maximum Gasteiger partial charge on any atom is 0.129 e. The standard InChI is InChI=1S/C13H17ClN2O2/c1-15(7-11-5-10(14)6-16(11)2)8-12-3-4-13(9-17)18-12/h3-6,17H,7-9H2,1-2H3. The summed E-state index contributed by atoms with van der Waals surface area (Å²) >= 11 is 5.95. The average Bonchev–Trinajstić information content (AvgIpc) is 2.86. The molecule has 2 aromatic rings. The molecule has 5 heteroatoms.